The van der Waals surface area contributed by atoms with Gasteiger partial charge in [0.2, 0.25) is 0 Å². The van der Waals surface area contributed by atoms with Gasteiger partial charge in [-0.1, -0.05) is 29.8 Å². The van der Waals surface area contributed by atoms with E-state index in [1.807, 2.05) is 25.2 Å². The minimum atomic E-state index is 0.243. The molecule has 2 rings (SSSR count). The molecular weight excluding hydrogens is 260 g/mol. The number of aliphatic hydroxyl groups excluding tert-OH is 1. The van der Waals surface area contributed by atoms with Crippen LogP contribution in [-0.4, -0.2) is 42.8 Å². The molecule has 0 saturated heterocycles. The number of hydrogen-bond donors (Lipinski definition) is 2. The third-order valence-corrected chi connectivity index (χ3v) is 4.13. The summed E-state index contributed by atoms with van der Waals surface area (Å²) in [6.45, 7) is 2.03. The molecule has 0 aromatic heterocycles. The zero-order valence-corrected chi connectivity index (χ0v) is 12.2. The van der Waals surface area contributed by atoms with Gasteiger partial charge in [-0.15, -0.1) is 0 Å². The van der Waals surface area contributed by atoms with Gasteiger partial charge in [0.15, 0.2) is 0 Å². The number of nitrogens with zero attached hydrogens (tertiary/aromatic N) is 1. The van der Waals surface area contributed by atoms with Crippen LogP contribution >= 0.6 is 11.6 Å². The van der Waals surface area contributed by atoms with Gasteiger partial charge in [0.1, 0.15) is 0 Å². The van der Waals surface area contributed by atoms with E-state index in [1.165, 1.54) is 12.8 Å². The van der Waals surface area contributed by atoms with Gasteiger partial charge in [-0.25, -0.2) is 0 Å². The number of rotatable bonds is 8. The summed E-state index contributed by atoms with van der Waals surface area (Å²) in [4.78, 5) is 2.39. The molecule has 1 aromatic carbocycles. The minimum Gasteiger partial charge on any atom is -0.395 e. The van der Waals surface area contributed by atoms with Crippen LogP contribution in [0.3, 0.4) is 0 Å². The Hall–Kier alpha value is -0.610. The van der Waals surface area contributed by atoms with Gasteiger partial charge >= 0.3 is 0 Å². The Kier molecular flexibility index (Phi) is 5.64. The molecule has 19 heavy (non-hydrogen) atoms. The van der Waals surface area contributed by atoms with Crippen molar-refractivity contribution in [3.05, 3.63) is 34.9 Å². The molecule has 0 spiro atoms. The molecule has 1 aromatic rings. The highest BCUT2D eigenvalue weighted by molar-refractivity contribution is 6.31. The number of halogens is 1. The molecule has 3 nitrogen and oxygen atoms in total. The van der Waals surface area contributed by atoms with E-state index in [0.717, 1.165) is 30.1 Å². The van der Waals surface area contributed by atoms with Crippen molar-refractivity contribution in [2.24, 2.45) is 0 Å². The Morgan fingerprint density at radius 2 is 2.11 bits per heavy atom. The lowest BCUT2D eigenvalue weighted by Gasteiger charge is -2.25. The summed E-state index contributed by atoms with van der Waals surface area (Å²) in [6.07, 6.45) is 3.56. The van der Waals surface area contributed by atoms with Crippen molar-refractivity contribution in [1.29, 1.82) is 0 Å². The molecule has 0 radical (unpaired) electrons. The van der Waals surface area contributed by atoms with Crippen LogP contribution < -0.4 is 5.32 Å². The van der Waals surface area contributed by atoms with E-state index in [9.17, 15) is 0 Å². The summed E-state index contributed by atoms with van der Waals surface area (Å²) < 4.78 is 0. The van der Waals surface area contributed by atoms with Crippen LogP contribution in [0.15, 0.2) is 24.3 Å². The Labute approximate surface area is 120 Å². The highest BCUT2D eigenvalue weighted by atomic mass is 35.5. The fourth-order valence-electron chi connectivity index (χ4n) is 2.55. The van der Waals surface area contributed by atoms with Gasteiger partial charge in [-0.3, -0.25) is 4.90 Å². The zero-order valence-electron chi connectivity index (χ0n) is 11.5. The number of hydrogen-bond acceptors (Lipinski definition) is 3. The molecule has 0 aliphatic heterocycles. The molecule has 1 aliphatic carbocycles. The van der Waals surface area contributed by atoms with Gasteiger partial charge in [-0.05, 0) is 37.9 Å². The average molecular weight is 283 g/mol. The van der Waals surface area contributed by atoms with Crippen LogP contribution in [0, 0.1) is 0 Å². The zero-order chi connectivity index (χ0) is 13.7. The largest absolute Gasteiger partial charge is 0.395 e. The lowest BCUT2D eigenvalue weighted by Crippen LogP contribution is -2.32. The molecule has 0 bridgehead atoms. The van der Waals surface area contributed by atoms with E-state index >= 15 is 0 Å². The number of benzene rings is 1. The topological polar surface area (TPSA) is 35.5 Å². The van der Waals surface area contributed by atoms with Crippen LogP contribution in [0.5, 0.6) is 0 Å². The van der Waals surface area contributed by atoms with Crippen molar-refractivity contribution < 1.29 is 5.11 Å². The summed E-state index contributed by atoms with van der Waals surface area (Å²) in [5.74, 6) is 0. The van der Waals surface area contributed by atoms with Crippen LogP contribution in [-0.2, 0) is 0 Å². The van der Waals surface area contributed by atoms with Gasteiger partial charge < -0.3 is 10.4 Å². The Morgan fingerprint density at radius 3 is 2.68 bits per heavy atom. The summed E-state index contributed by atoms with van der Waals surface area (Å²) in [7, 11) is 1.97. The molecule has 2 N–H and O–H groups in total. The second-order valence-electron chi connectivity index (χ2n) is 5.14. The van der Waals surface area contributed by atoms with Crippen molar-refractivity contribution >= 4 is 11.6 Å². The standard InChI is InChI=1S/C15H23ClN2O/c1-17-15(13-4-2-3-5-14(13)16)8-9-18(10-11-19)12-6-7-12/h2-5,12,15,17,19H,6-11H2,1H3. The van der Waals surface area contributed by atoms with Crippen molar-refractivity contribution in [2.75, 3.05) is 26.7 Å². The second-order valence-corrected chi connectivity index (χ2v) is 5.55. The van der Waals surface area contributed by atoms with Crippen molar-refractivity contribution in [1.82, 2.24) is 10.2 Å². The molecule has 0 heterocycles. The fraction of sp³-hybridized carbons (Fsp3) is 0.600. The highest BCUT2D eigenvalue weighted by Gasteiger charge is 2.28. The summed E-state index contributed by atoms with van der Waals surface area (Å²) in [5.41, 5.74) is 1.16. The van der Waals surface area contributed by atoms with Crippen molar-refractivity contribution in [3.8, 4) is 0 Å². The molecule has 1 aliphatic rings. The lowest BCUT2D eigenvalue weighted by molar-refractivity contribution is 0.183. The summed E-state index contributed by atoms with van der Waals surface area (Å²) in [5, 5.41) is 13.3. The van der Waals surface area contributed by atoms with Crippen LogP contribution in [0.2, 0.25) is 5.02 Å². The van der Waals surface area contributed by atoms with Gasteiger partial charge in [0.25, 0.3) is 0 Å². The molecule has 4 heteroatoms. The van der Waals surface area contributed by atoms with Crippen LogP contribution in [0.25, 0.3) is 0 Å². The highest BCUT2D eigenvalue weighted by Crippen LogP contribution is 2.29. The number of aliphatic hydroxyl groups is 1. The van der Waals surface area contributed by atoms with Crippen LogP contribution in [0.1, 0.15) is 30.9 Å². The predicted molar refractivity (Wildman–Crippen MR) is 79.6 cm³/mol. The Balaban J connectivity index is 1.93. The maximum atomic E-state index is 9.12. The molecule has 1 unspecified atom stereocenters. The minimum absolute atomic E-state index is 0.243. The van der Waals surface area contributed by atoms with E-state index in [1.54, 1.807) is 0 Å². The van der Waals surface area contributed by atoms with Crippen molar-refractivity contribution in [2.45, 2.75) is 31.3 Å². The smallest absolute Gasteiger partial charge is 0.0558 e. The third-order valence-electron chi connectivity index (χ3n) is 3.78. The van der Waals surface area contributed by atoms with E-state index in [2.05, 4.69) is 16.3 Å². The molecule has 0 amide bonds. The predicted octanol–water partition coefficient (Wildman–Crippen LogP) is 2.45. The average Bonchev–Trinajstić information content (AvgIpc) is 3.24. The first-order valence-electron chi connectivity index (χ1n) is 7.03. The summed E-state index contributed by atoms with van der Waals surface area (Å²) in [6, 6.07) is 8.97. The van der Waals surface area contributed by atoms with Crippen molar-refractivity contribution in [3.63, 3.8) is 0 Å². The first-order valence-corrected chi connectivity index (χ1v) is 7.40. The first-order chi connectivity index (χ1) is 9.26. The Bertz CT molecular complexity index is 395. The third kappa shape index (κ3) is 4.18. The molecular formula is C15H23ClN2O. The van der Waals surface area contributed by atoms with E-state index < -0.39 is 0 Å². The Morgan fingerprint density at radius 1 is 1.37 bits per heavy atom. The van der Waals surface area contributed by atoms with Gasteiger partial charge in [-0.2, -0.15) is 0 Å². The fourth-order valence-corrected chi connectivity index (χ4v) is 2.82. The summed E-state index contributed by atoms with van der Waals surface area (Å²) >= 11 is 6.26. The lowest BCUT2D eigenvalue weighted by atomic mass is 10.0. The van der Waals surface area contributed by atoms with E-state index in [4.69, 9.17) is 16.7 Å². The molecule has 1 atom stereocenters. The van der Waals surface area contributed by atoms with E-state index in [-0.39, 0.29) is 12.6 Å². The monoisotopic (exact) mass is 282 g/mol. The van der Waals surface area contributed by atoms with E-state index in [0.29, 0.717) is 6.04 Å². The first kappa shape index (κ1) is 14.8. The SMILES string of the molecule is CNC(CCN(CCO)C1CC1)c1ccccc1Cl. The maximum Gasteiger partial charge on any atom is 0.0558 e. The normalized spacial score (nSPS) is 16.8. The molecule has 1 saturated carbocycles. The van der Waals surface area contributed by atoms with Crippen LogP contribution in [0.4, 0.5) is 0 Å². The molecule has 1 fully saturated rings. The second kappa shape index (κ2) is 7.25. The maximum absolute atomic E-state index is 9.12. The number of nitrogens with one attached hydrogen (secondary N) is 1. The van der Waals surface area contributed by atoms with Gasteiger partial charge in [0.05, 0.1) is 6.61 Å². The van der Waals surface area contributed by atoms with Gasteiger partial charge in [0, 0.05) is 30.2 Å². The molecule has 106 valence electrons. The quantitative estimate of drug-likeness (QED) is 0.769.